The van der Waals surface area contributed by atoms with Gasteiger partial charge in [-0.25, -0.2) is 13.8 Å². The van der Waals surface area contributed by atoms with E-state index in [0.717, 1.165) is 6.20 Å². The Hall–Kier alpha value is -1.59. The maximum Gasteiger partial charge on any atom is 0.310 e. The molecule has 1 aromatic heterocycles. The molecule has 0 aliphatic rings. The van der Waals surface area contributed by atoms with Gasteiger partial charge in [0.2, 0.25) is 5.95 Å². The Labute approximate surface area is 96.6 Å². The number of pyridine rings is 1. The number of ether oxygens (including phenoxy) is 1. The van der Waals surface area contributed by atoms with Crippen molar-refractivity contribution >= 4 is 5.97 Å². The van der Waals surface area contributed by atoms with Crippen LogP contribution in [0, 0.1) is 12.9 Å². The minimum absolute atomic E-state index is 0.00245. The summed E-state index contributed by atoms with van der Waals surface area (Å²) in [7, 11) is 0. The van der Waals surface area contributed by atoms with Crippen LogP contribution in [0.5, 0.6) is 0 Å². The zero-order valence-corrected chi connectivity index (χ0v) is 9.47. The molecule has 0 spiro atoms. The molecule has 0 aromatic carbocycles. The zero-order chi connectivity index (χ0) is 13.0. The van der Waals surface area contributed by atoms with Crippen LogP contribution in [0.3, 0.4) is 0 Å². The number of nitrogens with zero attached hydrogens (tertiary/aromatic N) is 1. The van der Waals surface area contributed by atoms with E-state index >= 15 is 0 Å². The second-order valence-corrected chi connectivity index (χ2v) is 3.40. The number of rotatable bonds is 4. The van der Waals surface area contributed by atoms with Crippen LogP contribution < -0.4 is 0 Å². The van der Waals surface area contributed by atoms with Gasteiger partial charge in [-0.15, -0.1) is 0 Å². The van der Waals surface area contributed by atoms with Crippen molar-refractivity contribution in [1.82, 2.24) is 4.98 Å². The summed E-state index contributed by atoms with van der Waals surface area (Å²) in [5, 5.41) is 0. The first kappa shape index (κ1) is 13.5. The highest BCUT2D eigenvalue weighted by Crippen LogP contribution is 2.27. The van der Waals surface area contributed by atoms with E-state index in [1.54, 1.807) is 6.92 Å². The lowest BCUT2D eigenvalue weighted by atomic mass is 10.0. The zero-order valence-electron chi connectivity index (χ0n) is 9.47. The van der Waals surface area contributed by atoms with Crippen LogP contribution in [0.25, 0.3) is 0 Å². The number of carbonyl (C=O) groups excluding carboxylic acids is 1. The molecular formula is C11H12F3NO2. The highest BCUT2D eigenvalue weighted by atomic mass is 19.3. The Kier molecular flexibility index (Phi) is 4.48. The number of aromatic nitrogens is 1. The van der Waals surface area contributed by atoms with Gasteiger partial charge in [0.05, 0.1) is 13.0 Å². The van der Waals surface area contributed by atoms with Crippen molar-refractivity contribution in [2.75, 3.05) is 6.61 Å². The van der Waals surface area contributed by atoms with E-state index in [9.17, 15) is 18.0 Å². The molecule has 0 saturated carbocycles. The number of alkyl halides is 2. The van der Waals surface area contributed by atoms with Gasteiger partial charge in [0.25, 0.3) is 6.43 Å². The van der Waals surface area contributed by atoms with Gasteiger partial charge in [0, 0.05) is 17.3 Å². The fourth-order valence-corrected chi connectivity index (χ4v) is 1.47. The number of hydrogen-bond acceptors (Lipinski definition) is 3. The summed E-state index contributed by atoms with van der Waals surface area (Å²) < 4.78 is 43.2. The van der Waals surface area contributed by atoms with Crippen molar-refractivity contribution in [2.24, 2.45) is 0 Å². The van der Waals surface area contributed by atoms with Gasteiger partial charge < -0.3 is 4.74 Å². The summed E-state index contributed by atoms with van der Waals surface area (Å²) in [5.41, 5.74) is -0.718. The van der Waals surface area contributed by atoms with Crippen LogP contribution in [-0.2, 0) is 16.0 Å². The summed E-state index contributed by atoms with van der Waals surface area (Å²) in [6, 6.07) is 0. The van der Waals surface area contributed by atoms with Crippen LogP contribution in [0.2, 0.25) is 0 Å². The Bertz CT molecular complexity index is 421. The molecule has 0 amide bonds. The van der Waals surface area contributed by atoms with Crippen molar-refractivity contribution in [2.45, 2.75) is 26.7 Å². The third-order valence-corrected chi connectivity index (χ3v) is 2.25. The summed E-state index contributed by atoms with van der Waals surface area (Å²) >= 11 is 0. The summed E-state index contributed by atoms with van der Waals surface area (Å²) in [6.45, 7) is 2.98. The second-order valence-electron chi connectivity index (χ2n) is 3.40. The monoisotopic (exact) mass is 247 g/mol. The average molecular weight is 247 g/mol. The molecule has 0 aliphatic heterocycles. The van der Waals surface area contributed by atoms with E-state index in [1.807, 2.05) is 0 Å². The molecule has 0 unspecified atom stereocenters. The first-order valence-corrected chi connectivity index (χ1v) is 5.05. The van der Waals surface area contributed by atoms with E-state index in [2.05, 4.69) is 9.72 Å². The topological polar surface area (TPSA) is 39.2 Å². The molecule has 6 heteroatoms. The highest BCUT2D eigenvalue weighted by molar-refractivity contribution is 5.73. The molecule has 1 heterocycles. The molecule has 1 aromatic rings. The number of esters is 1. The molecule has 0 bridgehead atoms. The SMILES string of the molecule is CCOC(=O)Cc1cnc(F)c(C)c1C(F)F. The van der Waals surface area contributed by atoms with E-state index in [-0.39, 0.29) is 24.2 Å². The van der Waals surface area contributed by atoms with Gasteiger partial charge in [0.15, 0.2) is 0 Å². The van der Waals surface area contributed by atoms with Crippen LogP contribution in [0.4, 0.5) is 13.2 Å². The van der Waals surface area contributed by atoms with E-state index in [0.29, 0.717) is 0 Å². The Morgan fingerprint density at radius 2 is 2.18 bits per heavy atom. The van der Waals surface area contributed by atoms with Crippen LogP contribution >= 0.6 is 0 Å². The van der Waals surface area contributed by atoms with Gasteiger partial charge in [0.1, 0.15) is 0 Å². The number of carbonyl (C=O) groups is 1. The number of halogens is 3. The molecular weight excluding hydrogens is 235 g/mol. The quantitative estimate of drug-likeness (QED) is 0.606. The lowest BCUT2D eigenvalue weighted by Gasteiger charge is -2.11. The maximum atomic E-state index is 13.0. The summed E-state index contributed by atoms with van der Waals surface area (Å²) in [6.07, 6.45) is -2.24. The summed E-state index contributed by atoms with van der Waals surface area (Å²) in [4.78, 5) is 14.5. The lowest BCUT2D eigenvalue weighted by Crippen LogP contribution is -2.11. The van der Waals surface area contributed by atoms with E-state index < -0.39 is 23.9 Å². The molecule has 1 rings (SSSR count). The van der Waals surface area contributed by atoms with E-state index in [4.69, 9.17) is 0 Å². The average Bonchev–Trinajstić information content (AvgIpc) is 2.23. The van der Waals surface area contributed by atoms with Crippen molar-refractivity contribution in [1.29, 1.82) is 0 Å². The van der Waals surface area contributed by atoms with Crippen molar-refractivity contribution in [3.8, 4) is 0 Å². The minimum Gasteiger partial charge on any atom is -0.466 e. The Morgan fingerprint density at radius 3 is 2.71 bits per heavy atom. The fraction of sp³-hybridized carbons (Fsp3) is 0.455. The van der Waals surface area contributed by atoms with Gasteiger partial charge in [-0.1, -0.05) is 0 Å². The molecule has 0 N–H and O–H groups in total. The molecule has 0 saturated heterocycles. The van der Waals surface area contributed by atoms with Crippen molar-refractivity contribution in [3.63, 3.8) is 0 Å². The smallest absolute Gasteiger partial charge is 0.310 e. The van der Waals surface area contributed by atoms with Crippen LogP contribution in [0.1, 0.15) is 30.0 Å². The van der Waals surface area contributed by atoms with Crippen LogP contribution in [-0.4, -0.2) is 17.6 Å². The van der Waals surface area contributed by atoms with E-state index in [1.165, 1.54) is 6.92 Å². The molecule has 0 atom stereocenters. The first-order chi connectivity index (χ1) is 7.97. The molecule has 0 fully saturated rings. The predicted octanol–water partition coefficient (Wildman–Crippen LogP) is 2.57. The minimum atomic E-state index is -2.85. The molecule has 17 heavy (non-hydrogen) atoms. The maximum absolute atomic E-state index is 13.0. The van der Waals surface area contributed by atoms with Crippen molar-refractivity contribution < 1.29 is 22.7 Å². The van der Waals surface area contributed by atoms with Crippen molar-refractivity contribution in [3.05, 3.63) is 28.8 Å². The molecule has 0 radical (unpaired) electrons. The van der Waals surface area contributed by atoms with Gasteiger partial charge >= 0.3 is 5.97 Å². The fourth-order valence-electron chi connectivity index (χ4n) is 1.47. The summed E-state index contributed by atoms with van der Waals surface area (Å²) in [5.74, 6) is -1.59. The van der Waals surface area contributed by atoms with Crippen LogP contribution in [0.15, 0.2) is 6.20 Å². The predicted molar refractivity (Wildman–Crippen MR) is 54.2 cm³/mol. The third kappa shape index (κ3) is 3.18. The van der Waals surface area contributed by atoms with Gasteiger partial charge in [-0.05, 0) is 19.4 Å². The Morgan fingerprint density at radius 1 is 1.53 bits per heavy atom. The Balaban J connectivity index is 3.07. The third-order valence-electron chi connectivity index (χ3n) is 2.25. The lowest BCUT2D eigenvalue weighted by molar-refractivity contribution is -0.142. The normalized spacial score (nSPS) is 10.7. The highest BCUT2D eigenvalue weighted by Gasteiger charge is 2.21. The largest absolute Gasteiger partial charge is 0.466 e. The standard InChI is InChI=1S/C11H12F3NO2/c1-3-17-8(16)4-7-5-15-11(14)6(2)9(7)10(12)13/h5,10H,3-4H2,1-2H3. The number of hydrogen-bond donors (Lipinski definition) is 0. The van der Waals surface area contributed by atoms with Gasteiger partial charge in [-0.2, -0.15) is 4.39 Å². The van der Waals surface area contributed by atoms with Gasteiger partial charge in [-0.3, -0.25) is 4.79 Å². The second kappa shape index (κ2) is 5.65. The first-order valence-electron chi connectivity index (χ1n) is 5.05. The molecule has 0 aliphatic carbocycles. The molecule has 3 nitrogen and oxygen atoms in total. The molecule has 94 valence electrons.